The highest BCUT2D eigenvalue weighted by molar-refractivity contribution is 4.94. The predicted octanol–water partition coefficient (Wildman–Crippen LogP) is 2.31. The van der Waals surface area contributed by atoms with Crippen LogP contribution in [-0.2, 0) is 0 Å². The van der Waals surface area contributed by atoms with E-state index in [1.54, 1.807) is 0 Å². The molecule has 19 heavy (non-hydrogen) atoms. The summed E-state index contributed by atoms with van der Waals surface area (Å²) in [6.45, 7) is 12.8. The molecular weight excluding hydrogens is 234 g/mol. The Balaban J connectivity index is 1.94. The Bertz CT molecular complexity index is 279. The van der Waals surface area contributed by atoms with Crippen molar-refractivity contribution in [2.45, 2.75) is 64.5 Å². The molecule has 0 radical (unpaired) electrons. The van der Waals surface area contributed by atoms with Crippen LogP contribution in [0.2, 0.25) is 0 Å². The van der Waals surface area contributed by atoms with E-state index in [2.05, 4.69) is 30.6 Å². The van der Waals surface area contributed by atoms with Crippen LogP contribution in [0.25, 0.3) is 0 Å². The molecule has 2 rings (SSSR count). The molecule has 0 amide bonds. The highest BCUT2D eigenvalue weighted by Gasteiger charge is 2.37. The maximum absolute atomic E-state index is 6.14. The minimum atomic E-state index is 0.216. The first kappa shape index (κ1) is 15.3. The van der Waals surface area contributed by atoms with Crippen molar-refractivity contribution in [3.8, 4) is 0 Å². The zero-order valence-corrected chi connectivity index (χ0v) is 13.2. The minimum Gasteiger partial charge on any atom is -0.329 e. The van der Waals surface area contributed by atoms with Gasteiger partial charge < -0.3 is 5.73 Å². The molecule has 2 heterocycles. The molecule has 112 valence electrons. The first-order chi connectivity index (χ1) is 9.05. The molecule has 0 aromatic rings. The maximum Gasteiger partial charge on any atom is 0.0304 e. The van der Waals surface area contributed by atoms with Crippen LogP contribution in [0.4, 0.5) is 0 Å². The topological polar surface area (TPSA) is 32.5 Å². The maximum atomic E-state index is 6.14. The zero-order valence-electron chi connectivity index (χ0n) is 13.2. The Morgan fingerprint density at radius 3 is 2.68 bits per heavy atom. The van der Waals surface area contributed by atoms with E-state index in [1.807, 2.05) is 0 Å². The third-order valence-electron chi connectivity index (χ3n) is 5.30. The van der Waals surface area contributed by atoms with E-state index in [4.69, 9.17) is 5.73 Å². The molecule has 2 N–H and O–H groups in total. The Hall–Kier alpha value is -0.120. The van der Waals surface area contributed by atoms with Crippen LogP contribution < -0.4 is 5.73 Å². The second-order valence-corrected chi connectivity index (χ2v) is 7.27. The summed E-state index contributed by atoms with van der Waals surface area (Å²) in [4.78, 5) is 5.40. The molecule has 3 nitrogen and oxygen atoms in total. The predicted molar refractivity (Wildman–Crippen MR) is 82.3 cm³/mol. The summed E-state index contributed by atoms with van der Waals surface area (Å²) in [5.41, 5.74) is 6.35. The summed E-state index contributed by atoms with van der Waals surface area (Å²) in [7, 11) is 0. The number of nitrogens with two attached hydrogens (primary N) is 1. The molecule has 2 atom stereocenters. The second kappa shape index (κ2) is 6.55. The second-order valence-electron chi connectivity index (χ2n) is 7.27. The van der Waals surface area contributed by atoms with Gasteiger partial charge in [-0.2, -0.15) is 0 Å². The Morgan fingerprint density at radius 2 is 2.00 bits per heavy atom. The average molecular weight is 267 g/mol. The van der Waals surface area contributed by atoms with Crippen molar-refractivity contribution in [2.75, 3.05) is 32.7 Å². The van der Waals surface area contributed by atoms with Gasteiger partial charge in [-0.25, -0.2) is 0 Å². The molecule has 2 saturated heterocycles. The SMILES string of the molecule is CC(C)CCC(C)(CN)N1CCN2CCCCC2C1. The number of rotatable bonds is 5. The van der Waals surface area contributed by atoms with Crippen molar-refractivity contribution >= 4 is 0 Å². The van der Waals surface area contributed by atoms with E-state index in [-0.39, 0.29) is 5.54 Å². The monoisotopic (exact) mass is 267 g/mol. The van der Waals surface area contributed by atoms with Crippen LogP contribution in [0.1, 0.15) is 52.9 Å². The molecule has 2 aliphatic rings. The summed E-state index contributed by atoms with van der Waals surface area (Å²) in [6.07, 6.45) is 6.74. The summed E-state index contributed by atoms with van der Waals surface area (Å²) in [5.74, 6) is 0.779. The lowest BCUT2D eigenvalue weighted by Crippen LogP contribution is -2.62. The van der Waals surface area contributed by atoms with Gasteiger partial charge in [-0.05, 0) is 45.1 Å². The van der Waals surface area contributed by atoms with Crippen molar-refractivity contribution in [3.63, 3.8) is 0 Å². The average Bonchev–Trinajstić information content (AvgIpc) is 2.44. The van der Waals surface area contributed by atoms with Gasteiger partial charge in [0.15, 0.2) is 0 Å². The first-order valence-electron chi connectivity index (χ1n) is 8.24. The normalized spacial score (nSPS) is 29.2. The van der Waals surface area contributed by atoms with Crippen LogP contribution in [0.3, 0.4) is 0 Å². The standard InChI is InChI=1S/C16H33N3/c1-14(2)7-8-16(3,13-17)19-11-10-18-9-5-4-6-15(18)12-19/h14-15H,4-13,17H2,1-3H3. The molecule has 0 bridgehead atoms. The molecule has 3 heteroatoms. The highest BCUT2D eigenvalue weighted by atomic mass is 15.3. The third kappa shape index (κ3) is 3.71. The van der Waals surface area contributed by atoms with E-state index < -0.39 is 0 Å². The van der Waals surface area contributed by atoms with Crippen molar-refractivity contribution in [2.24, 2.45) is 11.7 Å². The number of piperazine rings is 1. The van der Waals surface area contributed by atoms with Crippen molar-refractivity contribution in [1.82, 2.24) is 9.80 Å². The van der Waals surface area contributed by atoms with Gasteiger partial charge in [0.1, 0.15) is 0 Å². The van der Waals surface area contributed by atoms with Gasteiger partial charge in [0.05, 0.1) is 0 Å². The molecule has 2 aliphatic heterocycles. The van der Waals surface area contributed by atoms with E-state index >= 15 is 0 Å². The number of hydrogen-bond acceptors (Lipinski definition) is 3. The molecule has 2 fully saturated rings. The Kier molecular flexibility index (Phi) is 5.27. The van der Waals surface area contributed by atoms with Crippen molar-refractivity contribution < 1.29 is 0 Å². The Morgan fingerprint density at radius 1 is 1.21 bits per heavy atom. The summed E-state index contributed by atoms with van der Waals surface area (Å²) >= 11 is 0. The minimum absolute atomic E-state index is 0.216. The van der Waals surface area contributed by atoms with Crippen LogP contribution in [0.15, 0.2) is 0 Å². The van der Waals surface area contributed by atoms with Gasteiger partial charge in [0, 0.05) is 37.8 Å². The smallest absolute Gasteiger partial charge is 0.0304 e. The summed E-state index contributed by atoms with van der Waals surface area (Å²) in [5, 5.41) is 0. The van der Waals surface area contributed by atoms with Gasteiger partial charge in [-0.1, -0.05) is 20.3 Å². The quantitative estimate of drug-likeness (QED) is 0.829. The molecule has 0 aromatic carbocycles. The first-order valence-corrected chi connectivity index (χ1v) is 8.24. The summed E-state index contributed by atoms with van der Waals surface area (Å²) in [6, 6.07) is 0.799. The lowest BCUT2D eigenvalue weighted by Gasteiger charge is -2.50. The van der Waals surface area contributed by atoms with Crippen molar-refractivity contribution in [3.05, 3.63) is 0 Å². The molecule has 0 aliphatic carbocycles. The number of nitrogens with zero attached hydrogens (tertiary/aromatic N) is 2. The lowest BCUT2D eigenvalue weighted by molar-refractivity contribution is -0.00911. The number of hydrogen-bond donors (Lipinski definition) is 1. The van der Waals surface area contributed by atoms with Gasteiger partial charge in [-0.15, -0.1) is 0 Å². The third-order valence-corrected chi connectivity index (χ3v) is 5.30. The highest BCUT2D eigenvalue weighted by Crippen LogP contribution is 2.28. The van der Waals surface area contributed by atoms with Gasteiger partial charge in [0.25, 0.3) is 0 Å². The van der Waals surface area contributed by atoms with E-state index in [1.165, 1.54) is 58.3 Å². The zero-order chi connectivity index (χ0) is 13.9. The fraction of sp³-hybridized carbons (Fsp3) is 1.00. The van der Waals surface area contributed by atoms with Gasteiger partial charge >= 0.3 is 0 Å². The fourth-order valence-corrected chi connectivity index (χ4v) is 3.64. The van der Waals surface area contributed by atoms with Crippen LogP contribution >= 0.6 is 0 Å². The largest absolute Gasteiger partial charge is 0.329 e. The molecule has 0 aromatic heterocycles. The summed E-state index contributed by atoms with van der Waals surface area (Å²) < 4.78 is 0. The van der Waals surface area contributed by atoms with E-state index in [0.29, 0.717) is 0 Å². The van der Waals surface area contributed by atoms with Gasteiger partial charge in [-0.3, -0.25) is 9.80 Å². The fourth-order valence-electron chi connectivity index (χ4n) is 3.64. The molecule has 2 unspecified atom stereocenters. The Labute approximate surface area is 119 Å². The van der Waals surface area contributed by atoms with Gasteiger partial charge in [0.2, 0.25) is 0 Å². The molecule has 0 spiro atoms. The molecular formula is C16H33N3. The van der Waals surface area contributed by atoms with Crippen molar-refractivity contribution in [1.29, 1.82) is 0 Å². The van der Waals surface area contributed by atoms with Crippen LogP contribution in [0, 0.1) is 5.92 Å². The van der Waals surface area contributed by atoms with Crippen LogP contribution in [-0.4, -0.2) is 54.1 Å². The lowest BCUT2D eigenvalue weighted by atomic mass is 9.88. The van der Waals surface area contributed by atoms with E-state index in [0.717, 1.165) is 18.5 Å². The molecule has 0 saturated carbocycles. The number of piperidine rings is 1. The van der Waals surface area contributed by atoms with E-state index in [9.17, 15) is 0 Å². The number of fused-ring (bicyclic) bond motifs is 1. The van der Waals surface area contributed by atoms with Crippen LogP contribution in [0.5, 0.6) is 0 Å².